The first-order valence-electron chi connectivity index (χ1n) is 9.89. The van der Waals surface area contributed by atoms with Crippen LogP contribution in [-0.4, -0.2) is 34.2 Å². The van der Waals surface area contributed by atoms with Gasteiger partial charge in [-0.3, -0.25) is 4.79 Å². The number of pyridine rings is 1. The highest BCUT2D eigenvalue weighted by atomic mass is 35.5. The highest BCUT2D eigenvalue weighted by Crippen LogP contribution is 2.31. The van der Waals surface area contributed by atoms with Crippen molar-refractivity contribution in [1.29, 1.82) is 0 Å². The lowest BCUT2D eigenvalue weighted by molar-refractivity contribution is 0.0717. The van der Waals surface area contributed by atoms with Crippen LogP contribution in [-0.2, 0) is 0 Å². The van der Waals surface area contributed by atoms with Crippen LogP contribution in [0.4, 0.5) is 0 Å². The Labute approximate surface area is 171 Å². The zero-order valence-corrected chi connectivity index (χ0v) is 17.1. The van der Waals surface area contributed by atoms with Crippen LogP contribution in [0.1, 0.15) is 56.3 Å². The minimum absolute atomic E-state index is 0.00983. The molecule has 150 valence electrons. The monoisotopic (exact) mass is 402 g/mol. The summed E-state index contributed by atoms with van der Waals surface area (Å²) in [6.45, 7) is 4.03. The van der Waals surface area contributed by atoms with Crippen molar-refractivity contribution in [2.75, 3.05) is 0 Å². The first-order chi connectivity index (χ1) is 13.5. The SMILES string of the molecule is CCC(C)Oc1ncc(C(=O)NC2CCCC[C@H]2O)cc1-c1ccc(Cl)cc1. The number of aromatic nitrogens is 1. The number of aliphatic hydroxyl groups excluding tert-OH is 1. The molecule has 2 N–H and O–H groups in total. The number of aliphatic hydroxyl groups is 1. The molecule has 0 bridgehead atoms. The molecular weight excluding hydrogens is 376 g/mol. The Balaban J connectivity index is 1.89. The summed E-state index contributed by atoms with van der Waals surface area (Å²) in [5.41, 5.74) is 2.07. The van der Waals surface area contributed by atoms with Crippen LogP contribution in [0.2, 0.25) is 5.02 Å². The van der Waals surface area contributed by atoms with Gasteiger partial charge in [0, 0.05) is 16.8 Å². The Bertz CT molecular complexity index is 810. The number of amides is 1. The van der Waals surface area contributed by atoms with Gasteiger partial charge in [-0.25, -0.2) is 4.98 Å². The Morgan fingerprint density at radius 3 is 2.71 bits per heavy atom. The van der Waals surface area contributed by atoms with Crippen LogP contribution < -0.4 is 10.1 Å². The number of nitrogens with zero attached hydrogens (tertiary/aromatic N) is 1. The first kappa shape index (κ1) is 20.6. The molecule has 6 heteroatoms. The van der Waals surface area contributed by atoms with E-state index in [1.54, 1.807) is 18.2 Å². The van der Waals surface area contributed by atoms with Gasteiger partial charge in [0.05, 0.1) is 23.8 Å². The Morgan fingerprint density at radius 1 is 1.32 bits per heavy atom. The molecule has 2 aromatic rings. The average molecular weight is 403 g/mol. The van der Waals surface area contributed by atoms with Gasteiger partial charge >= 0.3 is 0 Å². The summed E-state index contributed by atoms with van der Waals surface area (Å²) >= 11 is 6.01. The summed E-state index contributed by atoms with van der Waals surface area (Å²) in [5.74, 6) is 0.259. The normalized spacial score (nSPS) is 20.4. The molecule has 0 saturated heterocycles. The van der Waals surface area contributed by atoms with Crippen molar-refractivity contribution in [3.8, 4) is 17.0 Å². The van der Waals surface area contributed by atoms with Crippen molar-refractivity contribution in [2.24, 2.45) is 0 Å². The summed E-state index contributed by atoms with van der Waals surface area (Å²) in [6, 6.07) is 8.95. The zero-order valence-electron chi connectivity index (χ0n) is 16.3. The summed E-state index contributed by atoms with van der Waals surface area (Å²) in [6.07, 6.45) is 5.42. The van der Waals surface area contributed by atoms with E-state index in [1.165, 1.54) is 6.20 Å². The van der Waals surface area contributed by atoms with E-state index in [4.69, 9.17) is 16.3 Å². The third kappa shape index (κ3) is 5.03. The Morgan fingerprint density at radius 2 is 2.04 bits per heavy atom. The molecule has 0 spiro atoms. The predicted molar refractivity (Wildman–Crippen MR) is 111 cm³/mol. The molecule has 0 aliphatic heterocycles. The number of carbonyl (C=O) groups excluding carboxylic acids is 1. The standard InChI is InChI=1S/C22H27ClN2O3/c1-3-14(2)28-22-18(15-8-10-17(23)11-9-15)12-16(13-24-22)21(27)25-19-6-4-5-7-20(19)26/h8-14,19-20,26H,3-7H2,1-2H3,(H,25,27)/t14?,19?,20-/m1/s1. The maximum Gasteiger partial charge on any atom is 0.253 e. The van der Waals surface area contributed by atoms with Gasteiger partial charge < -0.3 is 15.2 Å². The number of hydrogen-bond acceptors (Lipinski definition) is 4. The third-order valence-corrected chi connectivity index (χ3v) is 5.45. The van der Waals surface area contributed by atoms with Gasteiger partial charge in [0.2, 0.25) is 5.88 Å². The predicted octanol–water partition coefficient (Wildman–Crippen LogP) is 4.61. The van der Waals surface area contributed by atoms with Crippen LogP contribution >= 0.6 is 11.6 Å². The van der Waals surface area contributed by atoms with E-state index in [1.807, 2.05) is 26.0 Å². The fraction of sp³-hybridized carbons (Fsp3) is 0.455. The Kier molecular flexibility index (Phi) is 6.92. The molecule has 0 radical (unpaired) electrons. The Hall–Kier alpha value is -2.11. The molecule has 3 atom stereocenters. The van der Waals surface area contributed by atoms with Crippen molar-refractivity contribution in [1.82, 2.24) is 10.3 Å². The fourth-order valence-corrected chi connectivity index (χ4v) is 3.44. The topological polar surface area (TPSA) is 71.5 Å². The van der Waals surface area contributed by atoms with Gasteiger partial charge in [-0.1, -0.05) is 43.5 Å². The van der Waals surface area contributed by atoms with E-state index < -0.39 is 6.10 Å². The largest absolute Gasteiger partial charge is 0.474 e. The molecule has 1 heterocycles. The summed E-state index contributed by atoms with van der Waals surface area (Å²) in [5, 5.41) is 13.7. The van der Waals surface area contributed by atoms with Crippen molar-refractivity contribution < 1.29 is 14.6 Å². The van der Waals surface area contributed by atoms with Gasteiger partial charge in [0.1, 0.15) is 0 Å². The lowest BCUT2D eigenvalue weighted by Crippen LogP contribution is -2.45. The highest BCUT2D eigenvalue weighted by Gasteiger charge is 2.25. The second-order valence-electron chi connectivity index (χ2n) is 7.35. The van der Waals surface area contributed by atoms with Crippen molar-refractivity contribution >= 4 is 17.5 Å². The lowest BCUT2D eigenvalue weighted by Gasteiger charge is -2.28. The number of halogens is 1. The number of ether oxygens (including phenoxy) is 1. The number of rotatable bonds is 6. The molecule has 1 fully saturated rings. The molecule has 5 nitrogen and oxygen atoms in total. The number of hydrogen-bond donors (Lipinski definition) is 2. The van der Waals surface area contributed by atoms with E-state index in [9.17, 15) is 9.90 Å². The van der Waals surface area contributed by atoms with E-state index in [-0.39, 0.29) is 18.1 Å². The van der Waals surface area contributed by atoms with Crippen LogP contribution in [0.15, 0.2) is 36.5 Å². The van der Waals surface area contributed by atoms with E-state index >= 15 is 0 Å². The maximum atomic E-state index is 12.8. The third-order valence-electron chi connectivity index (χ3n) is 5.20. The summed E-state index contributed by atoms with van der Waals surface area (Å²) in [7, 11) is 0. The van der Waals surface area contributed by atoms with Gasteiger partial charge in [0.15, 0.2) is 0 Å². The summed E-state index contributed by atoms with van der Waals surface area (Å²) < 4.78 is 5.97. The highest BCUT2D eigenvalue weighted by molar-refractivity contribution is 6.30. The molecule has 1 aliphatic rings. The number of nitrogens with one attached hydrogen (secondary N) is 1. The van der Waals surface area contributed by atoms with Crippen molar-refractivity contribution in [2.45, 2.75) is 64.2 Å². The number of benzene rings is 1. The van der Waals surface area contributed by atoms with Crippen LogP contribution in [0.25, 0.3) is 11.1 Å². The average Bonchev–Trinajstić information content (AvgIpc) is 2.70. The molecule has 1 aromatic heterocycles. The molecule has 1 saturated carbocycles. The molecular formula is C22H27ClN2O3. The van der Waals surface area contributed by atoms with Crippen LogP contribution in [0.3, 0.4) is 0 Å². The molecule has 1 aromatic carbocycles. The lowest BCUT2D eigenvalue weighted by atomic mass is 9.92. The zero-order chi connectivity index (χ0) is 20.1. The molecule has 2 unspecified atom stereocenters. The quantitative estimate of drug-likeness (QED) is 0.739. The van der Waals surface area contributed by atoms with Crippen molar-refractivity contribution in [3.63, 3.8) is 0 Å². The van der Waals surface area contributed by atoms with E-state index in [0.29, 0.717) is 16.5 Å². The van der Waals surface area contributed by atoms with Crippen LogP contribution in [0.5, 0.6) is 5.88 Å². The van der Waals surface area contributed by atoms with E-state index in [0.717, 1.165) is 43.2 Å². The molecule has 1 aliphatic carbocycles. The number of carbonyl (C=O) groups is 1. The summed E-state index contributed by atoms with van der Waals surface area (Å²) in [4.78, 5) is 17.2. The first-order valence-corrected chi connectivity index (χ1v) is 10.3. The molecule has 28 heavy (non-hydrogen) atoms. The molecule has 1 amide bonds. The van der Waals surface area contributed by atoms with Gasteiger partial charge in [-0.15, -0.1) is 0 Å². The second kappa shape index (κ2) is 9.39. The van der Waals surface area contributed by atoms with Gasteiger partial charge in [-0.2, -0.15) is 0 Å². The van der Waals surface area contributed by atoms with Crippen LogP contribution in [0, 0.1) is 0 Å². The fourth-order valence-electron chi connectivity index (χ4n) is 3.31. The minimum atomic E-state index is -0.491. The smallest absolute Gasteiger partial charge is 0.253 e. The van der Waals surface area contributed by atoms with Crippen molar-refractivity contribution in [3.05, 3.63) is 47.1 Å². The van der Waals surface area contributed by atoms with Gasteiger partial charge in [0.25, 0.3) is 5.91 Å². The second-order valence-corrected chi connectivity index (χ2v) is 7.79. The molecule has 3 rings (SSSR count). The maximum absolute atomic E-state index is 12.8. The minimum Gasteiger partial charge on any atom is -0.474 e. The van der Waals surface area contributed by atoms with E-state index in [2.05, 4.69) is 10.3 Å². The van der Waals surface area contributed by atoms with Gasteiger partial charge in [-0.05, 0) is 49.9 Å².